The number of hydrogen-bond donors (Lipinski definition) is 1. The molecule has 0 amide bonds. The molecule has 0 spiro atoms. The van der Waals surface area contributed by atoms with Gasteiger partial charge in [-0.3, -0.25) is 0 Å². The number of ether oxygens (including phenoxy) is 1. The summed E-state index contributed by atoms with van der Waals surface area (Å²) in [5, 5.41) is 1.11. The van der Waals surface area contributed by atoms with Gasteiger partial charge in [0, 0.05) is 18.0 Å². The molecule has 1 aliphatic carbocycles. The van der Waals surface area contributed by atoms with E-state index in [9.17, 15) is 0 Å². The highest BCUT2D eigenvalue weighted by atomic mass is 32.1. The lowest BCUT2D eigenvalue weighted by Crippen LogP contribution is -2.37. The first-order valence-corrected chi connectivity index (χ1v) is 8.05. The molecular formula is C14H18N4OS. The van der Waals surface area contributed by atoms with Crippen LogP contribution < -0.4 is 10.6 Å². The molecule has 0 atom stereocenters. The quantitative estimate of drug-likeness (QED) is 0.870. The van der Waals surface area contributed by atoms with Crippen LogP contribution in [0.15, 0.2) is 0 Å². The Morgan fingerprint density at radius 1 is 1.10 bits per heavy atom. The van der Waals surface area contributed by atoms with Gasteiger partial charge in [0.05, 0.1) is 18.6 Å². The molecule has 5 nitrogen and oxygen atoms in total. The molecule has 1 aliphatic heterocycles. The smallest absolute Gasteiger partial charge is 0.228 e. The molecule has 1 fully saturated rings. The maximum absolute atomic E-state index is 6.23. The number of nitrogens with zero attached hydrogens (tertiary/aromatic N) is 3. The highest BCUT2D eigenvalue weighted by Crippen LogP contribution is 2.38. The fourth-order valence-corrected chi connectivity index (χ4v) is 4.34. The van der Waals surface area contributed by atoms with E-state index in [2.05, 4.69) is 9.88 Å². The van der Waals surface area contributed by atoms with Crippen LogP contribution in [0.3, 0.4) is 0 Å². The first kappa shape index (κ1) is 12.3. The Balaban J connectivity index is 1.81. The van der Waals surface area contributed by atoms with Crippen molar-refractivity contribution in [2.75, 3.05) is 36.9 Å². The van der Waals surface area contributed by atoms with Gasteiger partial charge in [0.1, 0.15) is 10.6 Å². The Bertz CT molecular complexity index is 648. The summed E-state index contributed by atoms with van der Waals surface area (Å²) in [6.07, 6.45) is 4.83. The van der Waals surface area contributed by atoms with Gasteiger partial charge in [-0.25, -0.2) is 4.98 Å². The van der Waals surface area contributed by atoms with Gasteiger partial charge in [-0.1, -0.05) is 0 Å². The van der Waals surface area contributed by atoms with Crippen LogP contribution in [0.2, 0.25) is 0 Å². The number of nitrogen functional groups attached to an aromatic ring is 1. The van der Waals surface area contributed by atoms with E-state index >= 15 is 0 Å². The fourth-order valence-electron chi connectivity index (χ4n) is 3.08. The van der Waals surface area contributed by atoms with Crippen LogP contribution in [0.5, 0.6) is 0 Å². The van der Waals surface area contributed by atoms with E-state index in [1.807, 2.05) is 0 Å². The number of aryl methyl sites for hydroxylation is 2. The molecule has 0 aromatic carbocycles. The summed E-state index contributed by atoms with van der Waals surface area (Å²) >= 11 is 1.80. The first-order chi connectivity index (χ1) is 9.83. The Labute approximate surface area is 121 Å². The second-order valence-electron chi connectivity index (χ2n) is 5.40. The lowest BCUT2D eigenvalue weighted by molar-refractivity contribution is 0.122. The standard InChI is InChI=1S/C14H18N4OS/c15-12-11-9-3-1-2-4-10(9)20-13(11)17-14(16-12)18-5-7-19-8-6-18/h1-8H2,(H2,15,16,17). The number of hydrogen-bond acceptors (Lipinski definition) is 6. The first-order valence-electron chi connectivity index (χ1n) is 7.23. The van der Waals surface area contributed by atoms with Gasteiger partial charge < -0.3 is 15.4 Å². The molecule has 106 valence electrons. The Hall–Kier alpha value is -1.40. The number of thiophene rings is 1. The summed E-state index contributed by atoms with van der Waals surface area (Å²) in [6.45, 7) is 3.16. The molecule has 2 aromatic rings. The van der Waals surface area contributed by atoms with Crippen molar-refractivity contribution in [1.29, 1.82) is 0 Å². The largest absolute Gasteiger partial charge is 0.383 e. The molecule has 0 saturated carbocycles. The minimum absolute atomic E-state index is 0.649. The molecular weight excluding hydrogens is 272 g/mol. The normalized spacial score (nSPS) is 19.3. The van der Waals surface area contributed by atoms with Crippen LogP contribution in [0, 0.1) is 0 Å². The summed E-state index contributed by atoms with van der Waals surface area (Å²) in [6, 6.07) is 0. The number of nitrogens with two attached hydrogens (primary N) is 1. The summed E-state index contributed by atoms with van der Waals surface area (Å²) in [7, 11) is 0. The van der Waals surface area contributed by atoms with Crippen LogP contribution in [0.4, 0.5) is 11.8 Å². The van der Waals surface area contributed by atoms with Gasteiger partial charge in [0.2, 0.25) is 5.95 Å². The van der Waals surface area contributed by atoms with E-state index < -0.39 is 0 Å². The molecule has 0 bridgehead atoms. The zero-order valence-corrected chi connectivity index (χ0v) is 12.2. The number of anilines is 2. The van der Waals surface area contributed by atoms with Gasteiger partial charge in [0.25, 0.3) is 0 Å². The molecule has 3 heterocycles. The minimum Gasteiger partial charge on any atom is -0.383 e. The number of morpholine rings is 1. The topological polar surface area (TPSA) is 64.3 Å². The maximum atomic E-state index is 6.23. The molecule has 1 saturated heterocycles. The third-order valence-corrected chi connectivity index (χ3v) is 5.31. The van der Waals surface area contributed by atoms with E-state index in [0.717, 1.165) is 48.9 Å². The van der Waals surface area contributed by atoms with Gasteiger partial charge in [-0.2, -0.15) is 4.98 Å². The fraction of sp³-hybridized carbons (Fsp3) is 0.571. The van der Waals surface area contributed by atoms with Gasteiger partial charge >= 0.3 is 0 Å². The van der Waals surface area contributed by atoms with Crippen molar-refractivity contribution in [2.45, 2.75) is 25.7 Å². The molecule has 0 unspecified atom stereocenters. The van der Waals surface area contributed by atoms with E-state index in [-0.39, 0.29) is 0 Å². The van der Waals surface area contributed by atoms with Gasteiger partial charge in [0.15, 0.2) is 0 Å². The van der Waals surface area contributed by atoms with Gasteiger partial charge in [-0.05, 0) is 31.2 Å². The van der Waals surface area contributed by atoms with Gasteiger partial charge in [-0.15, -0.1) is 11.3 Å². The second-order valence-corrected chi connectivity index (χ2v) is 6.48. The summed E-state index contributed by atoms with van der Waals surface area (Å²) in [5.74, 6) is 1.41. The summed E-state index contributed by atoms with van der Waals surface area (Å²) < 4.78 is 5.38. The predicted octanol–water partition coefficient (Wildman–Crippen LogP) is 1.99. The van der Waals surface area contributed by atoms with Crippen molar-refractivity contribution in [3.63, 3.8) is 0 Å². The van der Waals surface area contributed by atoms with Crippen molar-refractivity contribution < 1.29 is 4.74 Å². The Morgan fingerprint density at radius 2 is 1.90 bits per heavy atom. The zero-order valence-electron chi connectivity index (χ0n) is 11.4. The van der Waals surface area contributed by atoms with E-state index in [0.29, 0.717) is 5.82 Å². The molecule has 20 heavy (non-hydrogen) atoms. The number of rotatable bonds is 1. The van der Waals surface area contributed by atoms with E-state index in [1.165, 1.54) is 29.7 Å². The molecule has 0 radical (unpaired) electrons. The van der Waals surface area contributed by atoms with E-state index in [1.54, 1.807) is 11.3 Å². The summed E-state index contributed by atoms with van der Waals surface area (Å²) in [5.41, 5.74) is 7.63. The third kappa shape index (κ3) is 1.94. The van der Waals surface area contributed by atoms with Crippen LogP contribution >= 0.6 is 11.3 Å². The Morgan fingerprint density at radius 3 is 2.75 bits per heavy atom. The highest BCUT2D eigenvalue weighted by molar-refractivity contribution is 7.19. The van der Waals surface area contributed by atoms with E-state index in [4.69, 9.17) is 15.5 Å². The number of fused-ring (bicyclic) bond motifs is 3. The average molecular weight is 290 g/mol. The minimum atomic E-state index is 0.649. The Kier molecular flexibility index (Phi) is 3.00. The molecule has 2 aliphatic rings. The van der Waals surface area contributed by atoms with Crippen molar-refractivity contribution in [3.8, 4) is 0 Å². The lowest BCUT2D eigenvalue weighted by Gasteiger charge is -2.26. The second kappa shape index (κ2) is 4.86. The molecule has 4 rings (SSSR count). The SMILES string of the molecule is Nc1nc(N2CCOCC2)nc2sc3c(c12)CCCC3. The average Bonchev–Trinajstić information content (AvgIpc) is 2.87. The monoisotopic (exact) mass is 290 g/mol. The van der Waals surface area contributed by atoms with Crippen LogP contribution in [-0.4, -0.2) is 36.3 Å². The zero-order chi connectivity index (χ0) is 13.5. The maximum Gasteiger partial charge on any atom is 0.228 e. The third-order valence-electron chi connectivity index (χ3n) is 4.12. The van der Waals surface area contributed by atoms with Crippen LogP contribution in [-0.2, 0) is 17.6 Å². The number of aromatic nitrogens is 2. The molecule has 2 aromatic heterocycles. The highest BCUT2D eigenvalue weighted by Gasteiger charge is 2.22. The summed E-state index contributed by atoms with van der Waals surface area (Å²) in [4.78, 5) is 14.0. The van der Waals surface area contributed by atoms with Crippen LogP contribution in [0.1, 0.15) is 23.3 Å². The van der Waals surface area contributed by atoms with Crippen molar-refractivity contribution in [3.05, 3.63) is 10.4 Å². The van der Waals surface area contributed by atoms with Crippen molar-refractivity contribution >= 4 is 33.3 Å². The molecule has 6 heteroatoms. The van der Waals surface area contributed by atoms with Crippen molar-refractivity contribution in [2.24, 2.45) is 0 Å². The molecule has 2 N–H and O–H groups in total. The lowest BCUT2D eigenvalue weighted by atomic mass is 9.97. The van der Waals surface area contributed by atoms with Crippen molar-refractivity contribution in [1.82, 2.24) is 9.97 Å². The predicted molar refractivity (Wildman–Crippen MR) is 81.5 cm³/mol. The van der Waals surface area contributed by atoms with Crippen LogP contribution in [0.25, 0.3) is 10.2 Å².